The Labute approximate surface area is 106 Å². The van der Waals surface area contributed by atoms with Crippen molar-refractivity contribution in [3.63, 3.8) is 0 Å². The van der Waals surface area contributed by atoms with E-state index >= 15 is 0 Å². The molecular weight excluding hydrogens is 236 g/mol. The molecule has 2 rings (SSSR count). The third kappa shape index (κ3) is 3.19. The maximum absolute atomic E-state index is 4.52. The van der Waals surface area contributed by atoms with Crippen LogP contribution < -0.4 is 0 Å². The fraction of sp³-hybridized carbons (Fsp3) is 0.417. The summed E-state index contributed by atoms with van der Waals surface area (Å²) in [5.74, 6) is 2.13. The van der Waals surface area contributed by atoms with Gasteiger partial charge in [-0.1, -0.05) is 30.3 Å². The van der Waals surface area contributed by atoms with Crippen LogP contribution >= 0.6 is 24.4 Å². The number of para-hydroxylation sites is 2. The maximum atomic E-state index is 4.52. The highest BCUT2D eigenvalue weighted by molar-refractivity contribution is 7.99. The van der Waals surface area contributed by atoms with Crippen LogP contribution in [0.4, 0.5) is 0 Å². The third-order valence-electron chi connectivity index (χ3n) is 2.41. The van der Waals surface area contributed by atoms with Crippen LogP contribution in [0.5, 0.6) is 0 Å². The molecule has 1 N–H and O–H groups in total. The van der Waals surface area contributed by atoms with Gasteiger partial charge in [0.25, 0.3) is 0 Å². The van der Waals surface area contributed by atoms with Crippen LogP contribution in [-0.2, 0) is 0 Å². The van der Waals surface area contributed by atoms with Gasteiger partial charge in [-0.15, -0.1) is 0 Å². The van der Waals surface area contributed by atoms with Gasteiger partial charge in [-0.2, -0.15) is 12.6 Å². The van der Waals surface area contributed by atoms with Gasteiger partial charge in [-0.3, -0.25) is 0 Å². The SMILES string of the molecule is SCCCCCSc1nc2ccccc2[nH]1. The van der Waals surface area contributed by atoms with Crippen LogP contribution in [0, 0.1) is 0 Å². The Bertz CT molecular complexity index is 406. The van der Waals surface area contributed by atoms with E-state index in [9.17, 15) is 0 Å². The van der Waals surface area contributed by atoms with Crippen LogP contribution in [0.15, 0.2) is 29.4 Å². The second kappa shape index (κ2) is 6.21. The molecule has 0 spiro atoms. The Morgan fingerprint density at radius 1 is 1.19 bits per heavy atom. The number of hydrogen-bond donors (Lipinski definition) is 2. The van der Waals surface area contributed by atoms with Gasteiger partial charge in [-0.25, -0.2) is 4.98 Å². The molecule has 2 nitrogen and oxygen atoms in total. The standard InChI is InChI=1S/C12H16N2S2/c15-8-4-1-5-9-16-12-13-10-6-2-3-7-11(10)14-12/h2-3,6-7,15H,1,4-5,8-9H2,(H,13,14). The normalized spacial score (nSPS) is 11.1. The third-order valence-corrected chi connectivity index (χ3v) is 3.68. The number of aromatic nitrogens is 2. The summed E-state index contributed by atoms with van der Waals surface area (Å²) < 4.78 is 0. The van der Waals surface area contributed by atoms with Crippen molar-refractivity contribution in [2.75, 3.05) is 11.5 Å². The lowest BCUT2D eigenvalue weighted by molar-refractivity contribution is 0.786. The lowest BCUT2D eigenvalue weighted by Crippen LogP contribution is -1.83. The van der Waals surface area contributed by atoms with Crippen molar-refractivity contribution in [2.45, 2.75) is 24.4 Å². The number of imidazole rings is 1. The van der Waals surface area contributed by atoms with Crippen molar-refractivity contribution in [1.82, 2.24) is 9.97 Å². The number of thioether (sulfide) groups is 1. The van der Waals surface area contributed by atoms with Crippen molar-refractivity contribution in [3.05, 3.63) is 24.3 Å². The number of thiol groups is 1. The minimum absolute atomic E-state index is 0.995. The van der Waals surface area contributed by atoms with E-state index in [0.717, 1.165) is 27.7 Å². The maximum Gasteiger partial charge on any atom is 0.166 e. The predicted octanol–water partition coefficient (Wildman–Crippen LogP) is 3.76. The highest BCUT2D eigenvalue weighted by Gasteiger charge is 2.01. The van der Waals surface area contributed by atoms with Crippen LogP contribution in [0.3, 0.4) is 0 Å². The zero-order valence-corrected chi connectivity index (χ0v) is 10.9. The second-order valence-corrected chi connectivity index (χ2v) is 5.22. The molecule has 0 unspecified atom stereocenters. The van der Waals surface area contributed by atoms with Crippen molar-refractivity contribution in [3.8, 4) is 0 Å². The zero-order chi connectivity index (χ0) is 11.2. The average molecular weight is 252 g/mol. The van der Waals surface area contributed by atoms with Crippen molar-refractivity contribution < 1.29 is 0 Å². The Balaban J connectivity index is 1.85. The number of H-pyrrole nitrogens is 1. The smallest absolute Gasteiger partial charge is 0.166 e. The Morgan fingerprint density at radius 3 is 2.88 bits per heavy atom. The minimum Gasteiger partial charge on any atom is -0.333 e. The van der Waals surface area contributed by atoms with Gasteiger partial charge in [-0.05, 0) is 30.7 Å². The molecule has 0 saturated carbocycles. The van der Waals surface area contributed by atoms with Crippen LogP contribution in [-0.4, -0.2) is 21.5 Å². The van der Waals surface area contributed by atoms with E-state index in [1.54, 1.807) is 11.8 Å². The first-order chi connectivity index (χ1) is 7.90. The molecule has 0 atom stereocenters. The first-order valence-corrected chi connectivity index (χ1v) is 7.20. The Morgan fingerprint density at radius 2 is 2.06 bits per heavy atom. The summed E-state index contributed by atoms with van der Waals surface area (Å²) in [5.41, 5.74) is 2.18. The molecule has 0 aliphatic rings. The molecule has 1 heterocycles. The number of hydrogen-bond acceptors (Lipinski definition) is 3. The first-order valence-electron chi connectivity index (χ1n) is 5.58. The number of rotatable bonds is 6. The molecule has 0 bridgehead atoms. The summed E-state index contributed by atoms with van der Waals surface area (Å²) in [7, 11) is 0. The number of benzene rings is 1. The van der Waals surface area contributed by atoms with E-state index < -0.39 is 0 Å². The first kappa shape index (κ1) is 11.9. The van der Waals surface area contributed by atoms with E-state index in [4.69, 9.17) is 0 Å². The summed E-state index contributed by atoms with van der Waals surface area (Å²) in [6.07, 6.45) is 3.71. The van der Waals surface area contributed by atoms with E-state index in [1.165, 1.54) is 19.3 Å². The van der Waals surface area contributed by atoms with E-state index in [1.807, 2.05) is 18.2 Å². The Hall–Kier alpha value is -0.610. The number of aromatic amines is 1. The van der Waals surface area contributed by atoms with Gasteiger partial charge in [0.05, 0.1) is 11.0 Å². The summed E-state index contributed by atoms with van der Waals surface area (Å²) >= 11 is 6.01. The van der Waals surface area contributed by atoms with E-state index in [0.29, 0.717) is 0 Å². The quantitative estimate of drug-likeness (QED) is 0.465. The van der Waals surface area contributed by atoms with Gasteiger partial charge in [0, 0.05) is 5.75 Å². The molecule has 0 radical (unpaired) electrons. The number of nitrogens with one attached hydrogen (secondary N) is 1. The topological polar surface area (TPSA) is 28.7 Å². The summed E-state index contributed by atoms with van der Waals surface area (Å²) in [4.78, 5) is 7.85. The fourth-order valence-corrected chi connectivity index (χ4v) is 2.67. The number of fused-ring (bicyclic) bond motifs is 1. The molecule has 1 aromatic heterocycles. The highest BCUT2D eigenvalue weighted by Crippen LogP contribution is 2.20. The molecule has 0 amide bonds. The molecular formula is C12H16N2S2. The van der Waals surface area contributed by atoms with E-state index in [-0.39, 0.29) is 0 Å². The van der Waals surface area contributed by atoms with Crippen molar-refractivity contribution in [2.24, 2.45) is 0 Å². The molecule has 0 fully saturated rings. The molecule has 86 valence electrons. The Kier molecular flexibility index (Phi) is 4.60. The largest absolute Gasteiger partial charge is 0.333 e. The van der Waals surface area contributed by atoms with E-state index in [2.05, 4.69) is 28.7 Å². The van der Waals surface area contributed by atoms with Gasteiger partial charge < -0.3 is 4.98 Å². The summed E-state index contributed by atoms with van der Waals surface area (Å²) in [5, 5.41) is 1.03. The minimum atomic E-state index is 0.995. The molecule has 0 aliphatic heterocycles. The molecule has 0 aliphatic carbocycles. The van der Waals surface area contributed by atoms with Gasteiger partial charge in [0.2, 0.25) is 0 Å². The summed E-state index contributed by atoms with van der Waals surface area (Å²) in [6, 6.07) is 8.15. The number of unbranched alkanes of at least 4 members (excludes halogenated alkanes) is 2. The molecule has 1 aromatic carbocycles. The van der Waals surface area contributed by atoms with Crippen LogP contribution in [0.2, 0.25) is 0 Å². The average Bonchev–Trinajstić information content (AvgIpc) is 2.71. The lowest BCUT2D eigenvalue weighted by atomic mass is 10.3. The second-order valence-electron chi connectivity index (χ2n) is 3.69. The number of nitrogens with zero attached hydrogens (tertiary/aromatic N) is 1. The van der Waals surface area contributed by atoms with Crippen LogP contribution in [0.25, 0.3) is 11.0 Å². The fourth-order valence-electron chi connectivity index (χ4n) is 1.56. The van der Waals surface area contributed by atoms with Crippen molar-refractivity contribution in [1.29, 1.82) is 0 Å². The monoisotopic (exact) mass is 252 g/mol. The molecule has 16 heavy (non-hydrogen) atoms. The van der Waals surface area contributed by atoms with Gasteiger partial charge in [0.15, 0.2) is 5.16 Å². The van der Waals surface area contributed by atoms with Crippen molar-refractivity contribution >= 4 is 35.4 Å². The summed E-state index contributed by atoms with van der Waals surface area (Å²) in [6.45, 7) is 0. The lowest BCUT2D eigenvalue weighted by Gasteiger charge is -1.96. The molecule has 2 aromatic rings. The van der Waals surface area contributed by atoms with Crippen LogP contribution in [0.1, 0.15) is 19.3 Å². The van der Waals surface area contributed by atoms with Gasteiger partial charge >= 0.3 is 0 Å². The molecule has 4 heteroatoms. The van der Waals surface area contributed by atoms with Gasteiger partial charge in [0.1, 0.15) is 0 Å². The predicted molar refractivity (Wildman–Crippen MR) is 74.5 cm³/mol. The molecule has 0 saturated heterocycles. The highest BCUT2D eigenvalue weighted by atomic mass is 32.2. The zero-order valence-electron chi connectivity index (χ0n) is 9.15.